The minimum atomic E-state index is 0.556. The first-order valence-corrected chi connectivity index (χ1v) is 6.10. The quantitative estimate of drug-likeness (QED) is 0.674. The lowest BCUT2D eigenvalue weighted by Crippen LogP contribution is -1.92. The van der Waals surface area contributed by atoms with Crippen LogP contribution in [0.2, 0.25) is 0 Å². The molecule has 0 spiro atoms. The Morgan fingerprint density at radius 2 is 1.85 bits per heavy atom. The molecule has 0 fully saturated rings. The molecule has 0 saturated heterocycles. The molecular formula is C16H10N4. The van der Waals surface area contributed by atoms with Crippen LogP contribution in [0, 0.1) is 22.7 Å². The maximum atomic E-state index is 9.15. The summed E-state index contributed by atoms with van der Waals surface area (Å²) in [6.45, 7) is 0. The molecule has 0 amide bonds. The average molecular weight is 258 g/mol. The highest BCUT2D eigenvalue weighted by Crippen LogP contribution is 2.25. The highest BCUT2D eigenvalue weighted by Gasteiger charge is 2.12. The number of rotatable bonds is 1. The normalized spacial score (nSPS) is 10.2. The van der Waals surface area contributed by atoms with Crippen LogP contribution in [-0.2, 0) is 7.05 Å². The van der Waals surface area contributed by atoms with Gasteiger partial charge in [0.15, 0.2) is 0 Å². The van der Waals surface area contributed by atoms with E-state index in [9.17, 15) is 0 Å². The molecule has 0 saturated carbocycles. The van der Waals surface area contributed by atoms with Crippen LogP contribution >= 0.6 is 0 Å². The summed E-state index contributed by atoms with van der Waals surface area (Å²) in [5, 5.41) is 18.1. The van der Waals surface area contributed by atoms with Crippen LogP contribution in [-0.4, -0.2) is 9.55 Å². The van der Waals surface area contributed by atoms with Gasteiger partial charge in [-0.15, -0.1) is 0 Å². The summed E-state index contributed by atoms with van der Waals surface area (Å²) in [5.74, 6) is 0.750. The smallest absolute Gasteiger partial charge is 0.140 e. The highest BCUT2D eigenvalue weighted by atomic mass is 15.1. The molecule has 3 rings (SSSR count). The van der Waals surface area contributed by atoms with Crippen LogP contribution < -0.4 is 0 Å². The fourth-order valence-electron chi connectivity index (χ4n) is 2.29. The molecule has 2 aromatic carbocycles. The van der Waals surface area contributed by atoms with Gasteiger partial charge >= 0.3 is 0 Å². The van der Waals surface area contributed by atoms with Crippen LogP contribution in [0.5, 0.6) is 0 Å². The summed E-state index contributed by atoms with van der Waals surface area (Å²) in [6.07, 6.45) is 0. The van der Waals surface area contributed by atoms with Crippen molar-refractivity contribution >= 4 is 11.0 Å². The summed E-state index contributed by atoms with van der Waals surface area (Å²) in [4.78, 5) is 4.56. The van der Waals surface area contributed by atoms with E-state index in [4.69, 9.17) is 10.5 Å². The van der Waals surface area contributed by atoms with Crippen LogP contribution in [0.3, 0.4) is 0 Å². The highest BCUT2D eigenvalue weighted by molar-refractivity contribution is 5.85. The Bertz CT molecular complexity index is 891. The van der Waals surface area contributed by atoms with Crippen molar-refractivity contribution in [2.75, 3.05) is 0 Å². The molecule has 4 nitrogen and oxygen atoms in total. The average Bonchev–Trinajstić information content (AvgIpc) is 2.84. The van der Waals surface area contributed by atoms with Crippen molar-refractivity contribution in [1.29, 1.82) is 10.5 Å². The molecule has 1 aromatic heterocycles. The van der Waals surface area contributed by atoms with Gasteiger partial charge in [0, 0.05) is 12.6 Å². The molecule has 0 N–H and O–H groups in total. The third-order valence-electron chi connectivity index (χ3n) is 3.28. The summed E-state index contributed by atoms with van der Waals surface area (Å²) in [6, 6.07) is 17.1. The maximum absolute atomic E-state index is 9.15. The van der Waals surface area contributed by atoms with Crippen molar-refractivity contribution in [2.24, 2.45) is 7.05 Å². The van der Waals surface area contributed by atoms with E-state index in [0.29, 0.717) is 16.6 Å². The van der Waals surface area contributed by atoms with Crippen molar-refractivity contribution in [3.05, 3.63) is 53.6 Å². The predicted octanol–water partition coefficient (Wildman–Crippen LogP) is 2.98. The molecular weight excluding hydrogens is 248 g/mol. The lowest BCUT2D eigenvalue weighted by molar-refractivity contribution is 0.959. The lowest BCUT2D eigenvalue weighted by atomic mass is 10.1. The van der Waals surface area contributed by atoms with E-state index in [0.717, 1.165) is 16.9 Å². The molecule has 4 heteroatoms. The number of aromatic nitrogens is 2. The first-order chi connectivity index (χ1) is 9.74. The molecule has 0 radical (unpaired) electrons. The Morgan fingerprint density at radius 3 is 2.60 bits per heavy atom. The number of imidazole rings is 1. The van der Waals surface area contributed by atoms with Crippen molar-refractivity contribution in [1.82, 2.24) is 9.55 Å². The third kappa shape index (κ3) is 1.72. The number of aryl methyl sites for hydroxylation is 1. The van der Waals surface area contributed by atoms with E-state index < -0.39 is 0 Å². The number of nitriles is 2. The van der Waals surface area contributed by atoms with Gasteiger partial charge in [-0.05, 0) is 24.3 Å². The molecule has 20 heavy (non-hydrogen) atoms. The van der Waals surface area contributed by atoms with E-state index in [1.165, 1.54) is 0 Å². The number of fused-ring (bicyclic) bond motifs is 1. The Kier molecular flexibility index (Phi) is 2.71. The topological polar surface area (TPSA) is 65.4 Å². The van der Waals surface area contributed by atoms with Crippen LogP contribution in [0.1, 0.15) is 11.1 Å². The van der Waals surface area contributed by atoms with Crippen molar-refractivity contribution in [3.8, 4) is 23.5 Å². The predicted molar refractivity (Wildman–Crippen MR) is 75.6 cm³/mol. The van der Waals surface area contributed by atoms with Crippen molar-refractivity contribution in [3.63, 3.8) is 0 Å². The molecule has 0 aliphatic rings. The van der Waals surface area contributed by atoms with Gasteiger partial charge in [0.25, 0.3) is 0 Å². The van der Waals surface area contributed by atoms with Gasteiger partial charge in [-0.25, -0.2) is 4.98 Å². The maximum Gasteiger partial charge on any atom is 0.140 e. The second-order valence-electron chi connectivity index (χ2n) is 4.47. The van der Waals surface area contributed by atoms with E-state index >= 15 is 0 Å². The third-order valence-corrected chi connectivity index (χ3v) is 3.28. The molecule has 0 aliphatic heterocycles. The van der Waals surface area contributed by atoms with E-state index in [2.05, 4.69) is 17.1 Å². The van der Waals surface area contributed by atoms with Gasteiger partial charge in [0.2, 0.25) is 0 Å². The molecule has 0 atom stereocenters. The minimum Gasteiger partial charge on any atom is -0.327 e. The summed E-state index contributed by atoms with van der Waals surface area (Å²) in [5.41, 5.74) is 3.61. The van der Waals surface area contributed by atoms with Gasteiger partial charge in [-0.1, -0.05) is 18.2 Å². The Hall–Kier alpha value is -3.11. The van der Waals surface area contributed by atoms with E-state index in [1.54, 1.807) is 18.2 Å². The largest absolute Gasteiger partial charge is 0.327 e. The van der Waals surface area contributed by atoms with Crippen LogP contribution in [0.15, 0.2) is 42.5 Å². The Morgan fingerprint density at radius 1 is 1.05 bits per heavy atom. The second-order valence-corrected chi connectivity index (χ2v) is 4.47. The molecule has 0 unspecified atom stereocenters. The van der Waals surface area contributed by atoms with Crippen LogP contribution in [0.25, 0.3) is 22.4 Å². The molecule has 0 aliphatic carbocycles. The zero-order valence-corrected chi connectivity index (χ0v) is 10.8. The van der Waals surface area contributed by atoms with Gasteiger partial charge in [-0.2, -0.15) is 10.5 Å². The van der Waals surface area contributed by atoms with Gasteiger partial charge < -0.3 is 4.57 Å². The first kappa shape index (κ1) is 12.0. The van der Waals surface area contributed by atoms with Gasteiger partial charge in [0.05, 0.1) is 22.7 Å². The standard InChI is InChI=1S/C16H10N4/c1-20-14-7-3-6-13(10-18)15(14)19-16(20)12-5-2-4-11(8-12)9-17/h2-8H,1H3. The van der Waals surface area contributed by atoms with Gasteiger partial charge in [-0.3, -0.25) is 0 Å². The fourth-order valence-corrected chi connectivity index (χ4v) is 2.29. The van der Waals surface area contributed by atoms with Crippen molar-refractivity contribution in [2.45, 2.75) is 0 Å². The van der Waals surface area contributed by atoms with Gasteiger partial charge in [0.1, 0.15) is 17.4 Å². The zero-order chi connectivity index (χ0) is 14.1. The fraction of sp³-hybridized carbons (Fsp3) is 0.0625. The first-order valence-electron chi connectivity index (χ1n) is 6.10. The van der Waals surface area contributed by atoms with Crippen molar-refractivity contribution < 1.29 is 0 Å². The SMILES string of the molecule is Cn1c(-c2cccc(C#N)c2)nc2c(C#N)cccc21. The Balaban J connectivity index is 2.30. The number of hydrogen-bond acceptors (Lipinski definition) is 3. The second kappa shape index (κ2) is 4.53. The summed E-state index contributed by atoms with van der Waals surface area (Å²) >= 11 is 0. The molecule has 94 valence electrons. The Labute approximate surface area is 116 Å². The number of nitrogens with zero attached hydrogens (tertiary/aromatic N) is 4. The molecule has 1 heterocycles. The van der Waals surface area contributed by atoms with E-state index in [1.807, 2.05) is 35.9 Å². The monoisotopic (exact) mass is 258 g/mol. The number of benzene rings is 2. The number of para-hydroxylation sites is 1. The number of hydrogen-bond donors (Lipinski definition) is 0. The summed E-state index contributed by atoms with van der Waals surface area (Å²) in [7, 11) is 1.91. The zero-order valence-electron chi connectivity index (χ0n) is 10.8. The summed E-state index contributed by atoms with van der Waals surface area (Å²) < 4.78 is 1.94. The minimum absolute atomic E-state index is 0.556. The molecule has 0 bridgehead atoms. The van der Waals surface area contributed by atoms with E-state index in [-0.39, 0.29) is 0 Å². The van der Waals surface area contributed by atoms with Crippen LogP contribution in [0.4, 0.5) is 0 Å². The molecule has 3 aromatic rings. The lowest BCUT2D eigenvalue weighted by Gasteiger charge is -2.02.